The molecule has 0 fully saturated rings. The van der Waals surface area contributed by atoms with E-state index in [0.29, 0.717) is 30.9 Å². The standard InChI is InChI=1S/C12H16ClN3O2/c13-11-5-2-1-4-10(11)8-15-12(18)16(9-17)7-3-6-14/h1-2,4-5,9H,3,6-8,14H2,(H,15,18). The molecule has 3 amide bonds. The average molecular weight is 270 g/mol. The molecule has 0 atom stereocenters. The topological polar surface area (TPSA) is 75.4 Å². The van der Waals surface area contributed by atoms with E-state index >= 15 is 0 Å². The smallest absolute Gasteiger partial charge is 0.324 e. The summed E-state index contributed by atoms with van der Waals surface area (Å²) in [7, 11) is 0. The number of amides is 3. The molecule has 6 heteroatoms. The van der Waals surface area contributed by atoms with Crippen LogP contribution in [-0.4, -0.2) is 30.4 Å². The number of nitrogens with zero attached hydrogens (tertiary/aromatic N) is 1. The summed E-state index contributed by atoms with van der Waals surface area (Å²) in [5, 5.41) is 3.21. The summed E-state index contributed by atoms with van der Waals surface area (Å²) < 4.78 is 0. The van der Waals surface area contributed by atoms with Crippen LogP contribution < -0.4 is 11.1 Å². The van der Waals surface area contributed by atoms with Gasteiger partial charge in [-0.15, -0.1) is 0 Å². The maximum Gasteiger partial charge on any atom is 0.324 e. The van der Waals surface area contributed by atoms with E-state index in [-0.39, 0.29) is 6.54 Å². The molecule has 0 aliphatic heterocycles. The van der Waals surface area contributed by atoms with Crippen LogP contribution in [0.4, 0.5) is 4.79 Å². The fourth-order valence-electron chi connectivity index (χ4n) is 1.38. The lowest BCUT2D eigenvalue weighted by Gasteiger charge is -2.16. The predicted octanol–water partition coefficient (Wildman–Crippen LogP) is 1.36. The number of carbonyl (C=O) groups excluding carboxylic acids is 2. The largest absolute Gasteiger partial charge is 0.333 e. The van der Waals surface area contributed by atoms with Gasteiger partial charge in [0.15, 0.2) is 0 Å². The van der Waals surface area contributed by atoms with Gasteiger partial charge in [-0.1, -0.05) is 29.8 Å². The Morgan fingerprint density at radius 1 is 1.44 bits per heavy atom. The minimum Gasteiger partial charge on any atom is -0.333 e. The minimum absolute atomic E-state index is 0.283. The lowest BCUT2D eigenvalue weighted by Crippen LogP contribution is -2.39. The van der Waals surface area contributed by atoms with Crippen molar-refractivity contribution in [2.24, 2.45) is 5.73 Å². The van der Waals surface area contributed by atoms with Gasteiger partial charge in [-0.3, -0.25) is 9.69 Å². The van der Waals surface area contributed by atoms with Crippen molar-refractivity contribution in [2.75, 3.05) is 13.1 Å². The summed E-state index contributed by atoms with van der Waals surface area (Å²) in [4.78, 5) is 23.5. The maximum atomic E-state index is 11.7. The number of hydrogen-bond donors (Lipinski definition) is 2. The molecule has 3 N–H and O–H groups in total. The van der Waals surface area contributed by atoms with Gasteiger partial charge in [-0.2, -0.15) is 0 Å². The number of hydrogen-bond acceptors (Lipinski definition) is 3. The molecular weight excluding hydrogens is 254 g/mol. The molecule has 0 spiro atoms. The van der Waals surface area contributed by atoms with Crippen molar-refractivity contribution >= 4 is 24.0 Å². The first kappa shape index (κ1) is 14.5. The van der Waals surface area contributed by atoms with E-state index in [1.807, 2.05) is 18.2 Å². The van der Waals surface area contributed by atoms with Crippen LogP contribution in [0.15, 0.2) is 24.3 Å². The Labute approximate surface area is 111 Å². The number of rotatable bonds is 6. The van der Waals surface area contributed by atoms with Gasteiger partial charge < -0.3 is 11.1 Å². The lowest BCUT2D eigenvalue weighted by atomic mass is 10.2. The van der Waals surface area contributed by atoms with Crippen molar-refractivity contribution in [3.63, 3.8) is 0 Å². The highest BCUT2D eigenvalue weighted by Crippen LogP contribution is 2.14. The minimum atomic E-state index is -0.446. The van der Waals surface area contributed by atoms with Crippen LogP contribution >= 0.6 is 11.6 Å². The zero-order valence-corrected chi connectivity index (χ0v) is 10.7. The summed E-state index contributed by atoms with van der Waals surface area (Å²) in [5.74, 6) is 0. The highest BCUT2D eigenvalue weighted by atomic mass is 35.5. The summed E-state index contributed by atoms with van der Waals surface area (Å²) in [6.07, 6.45) is 1.08. The molecule has 0 saturated heterocycles. The van der Waals surface area contributed by atoms with Gasteiger partial charge in [0.25, 0.3) is 0 Å². The molecule has 0 radical (unpaired) electrons. The third-order valence-electron chi connectivity index (χ3n) is 2.38. The van der Waals surface area contributed by atoms with Crippen LogP contribution in [0.25, 0.3) is 0 Å². The summed E-state index contributed by atoms with van der Waals surface area (Å²) in [6.45, 7) is 1.03. The molecule has 0 aliphatic rings. The quantitative estimate of drug-likeness (QED) is 0.766. The predicted molar refractivity (Wildman–Crippen MR) is 70.1 cm³/mol. The van der Waals surface area contributed by atoms with Crippen molar-refractivity contribution < 1.29 is 9.59 Å². The van der Waals surface area contributed by atoms with Gasteiger partial charge in [0.2, 0.25) is 6.41 Å². The third kappa shape index (κ3) is 4.35. The third-order valence-corrected chi connectivity index (χ3v) is 2.75. The number of nitrogens with two attached hydrogens (primary N) is 1. The first-order chi connectivity index (χ1) is 8.69. The molecule has 5 nitrogen and oxygen atoms in total. The van der Waals surface area contributed by atoms with E-state index in [1.165, 1.54) is 0 Å². The second-order valence-corrected chi connectivity index (χ2v) is 4.10. The molecule has 0 aromatic heterocycles. The van der Waals surface area contributed by atoms with E-state index in [4.69, 9.17) is 17.3 Å². The zero-order valence-electron chi connectivity index (χ0n) is 9.93. The summed E-state index contributed by atoms with van der Waals surface area (Å²) in [6, 6.07) is 6.76. The number of urea groups is 1. The van der Waals surface area contributed by atoms with Crippen LogP contribution in [0, 0.1) is 0 Å². The Morgan fingerprint density at radius 2 is 2.17 bits per heavy atom. The average Bonchev–Trinajstić information content (AvgIpc) is 2.38. The van der Waals surface area contributed by atoms with E-state index in [1.54, 1.807) is 6.07 Å². The first-order valence-corrected chi connectivity index (χ1v) is 6.00. The van der Waals surface area contributed by atoms with Gasteiger partial charge >= 0.3 is 6.03 Å². The SMILES string of the molecule is NCCCN(C=O)C(=O)NCc1ccccc1Cl. The van der Waals surface area contributed by atoms with Crippen LogP contribution in [0.3, 0.4) is 0 Å². The maximum absolute atomic E-state index is 11.7. The molecule has 0 bridgehead atoms. The van der Waals surface area contributed by atoms with Crippen LogP contribution in [0.1, 0.15) is 12.0 Å². The van der Waals surface area contributed by atoms with Crippen molar-refractivity contribution in [1.29, 1.82) is 0 Å². The number of halogens is 1. The molecule has 1 rings (SSSR count). The van der Waals surface area contributed by atoms with Crippen molar-refractivity contribution in [2.45, 2.75) is 13.0 Å². The van der Waals surface area contributed by atoms with Crippen LogP contribution in [-0.2, 0) is 11.3 Å². The molecule has 1 aromatic carbocycles. The molecule has 1 aromatic rings. The van der Waals surface area contributed by atoms with Crippen LogP contribution in [0.5, 0.6) is 0 Å². The van der Waals surface area contributed by atoms with Crippen LogP contribution in [0.2, 0.25) is 5.02 Å². The van der Waals surface area contributed by atoms with Gasteiger partial charge in [-0.25, -0.2) is 4.79 Å². The fraction of sp³-hybridized carbons (Fsp3) is 0.333. The highest BCUT2D eigenvalue weighted by Gasteiger charge is 2.11. The number of nitrogens with one attached hydrogen (secondary N) is 1. The Bertz CT molecular complexity index is 412. The Balaban J connectivity index is 2.49. The molecule has 98 valence electrons. The lowest BCUT2D eigenvalue weighted by molar-refractivity contribution is -0.115. The second kappa shape index (κ2) is 7.68. The van der Waals surface area contributed by atoms with Gasteiger partial charge in [0.1, 0.15) is 0 Å². The van der Waals surface area contributed by atoms with E-state index < -0.39 is 6.03 Å². The normalized spacial score (nSPS) is 9.89. The van der Waals surface area contributed by atoms with Gasteiger partial charge in [-0.05, 0) is 24.6 Å². The fourth-order valence-corrected chi connectivity index (χ4v) is 1.58. The number of imide groups is 1. The molecule has 0 aliphatic carbocycles. The molecule has 0 unspecified atom stereocenters. The van der Waals surface area contributed by atoms with E-state index in [9.17, 15) is 9.59 Å². The monoisotopic (exact) mass is 269 g/mol. The Kier molecular flexibility index (Phi) is 6.18. The summed E-state index contributed by atoms with van der Waals surface area (Å²) in [5.41, 5.74) is 6.13. The van der Waals surface area contributed by atoms with Crippen molar-refractivity contribution in [1.82, 2.24) is 10.2 Å². The molecule has 0 saturated carbocycles. The van der Waals surface area contributed by atoms with E-state index in [2.05, 4.69) is 5.32 Å². The summed E-state index contributed by atoms with van der Waals surface area (Å²) >= 11 is 5.95. The van der Waals surface area contributed by atoms with Gasteiger partial charge in [0.05, 0.1) is 0 Å². The number of benzene rings is 1. The zero-order chi connectivity index (χ0) is 13.4. The number of carbonyl (C=O) groups is 2. The molecule has 0 heterocycles. The first-order valence-electron chi connectivity index (χ1n) is 5.62. The van der Waals surface area contributed by atoms with Gasteiger partial charge in [0, 0.05) is 18.1 Å². The second-order valence-electron chi connectivity index (χ2n) is 3.69. The highest BCUT2D eigenvalue weighted by molar-refractivity contribution is 6.31. The Morgan fingerprint density at radius 3 is 2.78 bits per heavy atom. The van der Waals surface area contributed by atoms with Crippen molar-refractivity contribution in [3.8, 4) is 0 Å². The van der Waals surface area contributed by atoms with E-state index in [0.717, 1.165) is 10.5 Å². The molecule has 18 heavy (non-hydrogen) atoms. The molecular formula is C12H16ClN3O2. The van der Waals surface area contributed by atoms with Crippen molar-refractivity contribution in [3.05, 3.63) is 34.9 Å². The Hall–Kier alpha value is -1.59.